The standard InChI is InChI=1S/C15H13Br2NO3/c1-20-13-4-3-11(7-12(13)17)18-8-9-5-10(16)6-14(21-2)15(9)19/h3-8,19H,1-2H3. The number of phenols is 1. The lowest BCUT2D eigenvalue weighted by atomic mass is 10.2. The molecule has 0 saturated heterocycles. The van der Waals surface area contributed by atoms with Crippen LogP contribution in [0.4, 0.5) is 5.69 Å². The quantitative estimate of drug-likeness (QED) is 0.738. The van der Waals surface area contributed by atoms with Crippen molar-refractivity contribution in [2.75, 3.05) is 14.2 Å². The second kappa shape index (κ2) is 6.95. The van der Waals surface area contributed by atoms with Crippen LogP contribution < -0.4 is 9.47 Å². The van der Waals surface area contributed by atoms with E-state index in [4.69, 9.17) is 9.47 Å². The number of phenolic OH excluding ortho intramolecular Hbond substituents is 1. The van der Waals surface area contributed by atoms with Gasteiger partial charge in [-0.05, 0) is 46.3 Å². The Morgan fingerprint density at radius 1 is 1.05 bits per heavy atom. The third-order valence-corrected chi connectivity index (χ3v) is 3.85. The second-order valence-electron chi connectivity index (χ2n) is 4.12. The lowest BCUT2D eigenvalue weighted by molar-refractivity contribution is 0.373. The van der Waals surface area contributed by atoms with E-state index in [1.807, 2.05) is 18.2 Å². The number of ether oxygens (including phenoxy) is 2. The number of aliphatic imine (C=N–C) groups is 1. The third-order valence-electron chi connectivity index (χ3n) is 2.78. The van der Waals surface area contributed by atoms with E-state index in [2.05, 4.69) is 36.9 Å². The molecule has 0 saturated carbocycles. The monoisotopic (exact) mass is 413 g/mol. The minimum absolute atomic E-state index is 0.0528. The number of benzene rings is 2. The molecule has 0 spiro atoms. The van der Waals surface area contributed by atoms with Crippen molar-refractivity contribution in [2.24, 2.45) is 4.99 Å². The normalized spacial score (nSPS) is 10.9. The molecule has 0 aliphatic heterocycles. The summed E-state index contributed by atoms with van der Waals surface area (Å²) in [4.78, 5) is 4.34. The summed E-state index contributed by atoms with van der Waals surface area (Å²) in [5.41, 5.74) is 1.30. The molecule has 0 radical (unpaired) electrons. The van der Waals surface area contributed by atoms with Crippen LogP contribution in [-0.4, -0.2) is 25.5 Å². The van der Waals surface area contributed by atoms with Gasteiger partial charge in [0.05, 0.1) is 24.4 Å². The third kappa shape index (κ3) is 3.77. The highest BCUT2D eigenvalue weighted by atomic mass is 79.9. The second-order valence-corrected chi connectivity index (χ2v) is 5.89. The largest absolute Gasteiger partial charge is 0.504 e. The first-order valence-corrected chi connectivity index (χ1v) is 7.58. The summed E-state index contributed by atoms with van der Waals surface area (Å²) in [6.45, 7) is 0. The van der Waals surface area contributed by atoms with Crippen molar-refractivity contribution < 1.29 is 14.6 Å². The lowest BCUT2D eigenvalue weighted by Gasteiger charge is -2.07. The molecule has 0 aliphatic carbocycles. The minimum Gasteiger partial charge on any atom is -0.504 e. The number of aromatic hydroxyl groups is 1. The van der Waals surface area contributed by atoms with Crippen molar-refractivity contribution in [3.63, 3.8) is 0 Å². The zero-order valence-corrected chi connectivity index (χ0v) is 14.6. The fraction of sp³-hybridized carbons (Fsp3) is 0.133. The van der Waals surface area contributed by atoms with Gasteiger partial charge in [-0.15, -0.1) is 0 Å². The number of hydrogen-bond donors (Lipinski definition) is 1. The number of methoxy groups -OCH3 is 2. The highest BCUT2D eigenvalue weighted by Gasteiger charge is 2.08. The van der Waals surface area contributed by atoms with Gasteiger partial charge in [0.15, 0.2) is 11.5 Å². The molecule has 4 nitrogen and oxygen atoms in total. The van der Waals surface area contributed by atoms with Gasteiger partial charge in [-0.3, -0.25) is 4.99 Å². The molecular formula is C15H13Br2NO3. The van der Waals surface area contributed by atoms with E-state index < -0.39 is 0 Å². The van der Waals surface area contributed by atoms with Gasteiger partial charge < -0.3 is 14.6 Å². The van der Waals surface area contributed by atoms with Crippen LogP contribution in [0.1, 0.15) is 5.56 Å². The average molecular weight is 415 g/mol. The van der Waals surface area contributed by atoms with Gasteiger partial charge in [-0.1, -0.05) is 15.9 Å². The molecule has 0 unspecified atom stereocenters. The van der Waals surface area contributed by atoms with Crippen LogP contribution in [-0.2, 0) is 0 Å². The number of hydrogen-bond acceptors (Lipinski definition) is 4. The Morgan fingerprint density at radius 3 is 2.38 bits per heavy atom. The molecule has 0 aromatic heterocycles. The van der Waals surface area contributed by atoms with E-state index in [-0.39, 0.29) is 5.75 Å². The molecule has 0 bridgehead atoms. The van der Waals surface area contributed by atoms with Gasteiger partial charge in [-0.25, -0.2) is 0 Å². The maximum atomic E-state index is 10.1. The van der Waals surface area contributed by atoms with Crippen LogP contribution in [0, 0.1) is 0 Å². The molecule has 2 aromatic rings. The molecular weight excluding hydrogens is 402 g/mol. The zero-order chi connectivity index (χ0) is 15.4. The van der Waals surface area contributed by atoms with Gasteiger partial charge in [-0.2, -0.15) is 0 Å². The molecule has 0 amide bonds. The highest BCUT2D eigenvalue weighted by Crippen LogP contribution is 2.33. The first kappa shape index (κ1) is 15.9. The van der Waals surface area contributed by atoms with Crippen LogP contribution in [0.25, 0.3) is 0 Å². The Labute approximate surface area is 139 Å². The van der Waals surface area contributed by atoms with Gasteiger partial charge in [0.1, 0.15) is 5.75 Å². The van der Waals surface area contributed by atoms with Crippen LogP contribution >= 0.6 is 31.9 Å². The highest BCUT2D eigenvalue weighted by molar-refractivity contribution is 9.10. The summed E-state index contributed by atoms with van der Waals surface area (Å²) in [6.07, 6.45) is 1.58. The smallest absolute Gasteiger partial charge is 0.166 e. The number of halogens is 2. The molecule has 1 N–H and O–H groups in total. The molecule has 21 heavy (non-hydrogen) atoms. The molecule has 0 aliphatic rings. The molecule has 6 heteroatoms. The molecule has 2 aromatic carbocycles. The summed E-state index contributed by atoms with van der Waals surface area (Å²) in [6, 6.07) is 8.93. The fourth-order valence-corrected chi connectivity index (χ4v) is 2.71. The molecule has 110 valence electrons. The SMILES string of the molecule is COc1ccc(N=Cc2cc(Br)cc(OC)c2O)cc1Br. The average Bonchev–Trinajstić information content (AvgIpc) is 2.47. The van der Waals surface area contributed by atoms with E-state index in [1.54, 1.807) is 25.5 Å². The Kier molecular flexibility index (Phi) is 5.25. The summed E-state index contributed by atoms with van der Waals surface area (Å²) < 4.78 is 11.9. The first-order chi connectivity index (χ1) is 10.0. The zero-order valence-electron chi connectivity index (χ0n) is 11.4. The van der Waals surface area contributed by atoms with Gasteiger partial charge >= 0.3 is 0 Å². The molecule has 0 heterocycles. The summed E-state index contributed by atoms with van der Waals surface area (Å²) in [5, 5.41) is 10.1. The number of rotatable bonds is 4. The van der Waals surface area contributed by atoms with E-state index in [0.717, 1.165) is 20.4 Å². The first-order valence-electron chi connectivity index (χ1n) is 5.99. The predicted octanol–water partition coefficient (Wildman–Crippen LogP) is 4.69. The van der Waals surface area contributed by atoms with Crippen molar-refractivity contribution in [3.8, 4) is 17.2 Å². The predicted molar refractivity (Wildman–Crippen MR) is 90.3 cm³/mol. The maximum Gasteiger partial charge on any atom is 0.166 e. The van der Waals surface area contributed by atoms with Crippen molar-refractivity contribution in [2.45, 2.75) is 0 Å². The van der Waals surface area contributed by atoms with Crippen molar-refractivity contribution in [1.29, 1.82) is 0 Å². The summed E-state index contributed by atoms with van der Waals surface area (Å²) >= 11 is 6.77. The topological polar surface area (TPSA) is 51.0 Å². The van der Waals surface area contributed by atoms with Crippen LogP contribution in [0.3, 0.4) is 0 Å². The molecule has 2 rings (SSSR count). The minimum atomic E-state index is 0.0528. The Hall–Kier alpha value is -1.53. The number of nitrogens with zero attached hydrogens (tertiary/aromatic N) is 1. The summed E-state index contributed by atoms with van der Waals surface area (Å²) in [5.74, 6) is 1.18. The summed E-state index contributed by atoms with van der Waals surface area (Å²) in [7, 11) is 3.11. The van der Waals surface area contributed by atoms with Crippen molar-refractivity contribution in [1.82, 2.24) is 0 Å². The van der Waals surface area contributed by atoms with E-state index >= 15 is 0 Å². The van der Waals surface area contributed by atoms with Crippen LogP contribution in [0.2, 0.25) is 0 Å². The Bertz CT molecular complexity index is 687. The van der Waals surface area contributed by atoms with Gasteiger partial charge in [0, 0.05) is 16.3 Å². The van der Waals surface area contributed by atoms with E-state index in [0.29, 0.717) is 11.3 Å². The van der Waals surface area contributed by atoms with Gasteiger partial charge in [0.25, 0.3) is 0 Å². The van der Waals surface area contributed by atoms with E-state index in [1.165, 1.54) is 7.11 Å². The molecule has 0 fully saturated rings. The van der Waals surface area contributed by atoms with Crippen LogP contribution in [0.15, 0.2) is 44.3 Å². The lowest BCUT2D eigenvalue weighted by Crippen LogP contribution is -1.89. The maximum absolute atomic E-state index is 10.1. The van der Waals surface area contributed by atoms with Crippen molar-refractivity contribution in [3.05, 3.63) is 44.8 Å². The fourth-order valence-electron chi connectivity index (χ4n) is 1.73. The molecule has 0 atom stereocenters. The van der Waals surface area contributed by atoms with Crippen LogP contribution in [0.5, 0.6) is 17.2 Å². The van der Waals surface area contributed by atoms with E-state index in [9.17, 15) is 5.11 Å². The Morgan fingerprint density at radius 2 is 1.76 bits per heavy atom. The Balaban J connectivity index is 2.33. The van der Waals surface area contributed by atoms with Gasteiger partial charge in [0.2, 0.25) is 0 Å². The van der Waals surface area contributed by atoms with Crippen molar-refractivity contribution >= 4 is 43.8 Å².